The van der Waals surface area contributed by atoms with Gasteiger partial charge in [0, 0.05) is 24.4 Å². The lowest BCUT2D eigenvalue weighted by Crippen LogP contribution is -2.36. The number of aliphatic hydroxyl groups is 1. The molecule has 0 radical (unpaired) electrons. The monoisotopic (exact) mass is 244 g/mol. The van der Waals surface area contributed by atoms with Crippen molar-refractivity contribution < 1.29 is 18.7 Å². The van der Waals surface area contributed by atoms with Gasteiger partial charge in [0.1, 0.15) is 11.6 Å². The normalized spacial score (nSPS) is 12.0. The molecule has 1 aromatic rings. The number of amides is 2. The van der Waals surface area contributed by atoms with E-state index in [2.05, 4.69) is 10.6 Å². The highest BCUT2D eigenvalue weighted by Crippen LogP contribution is 2.12. The summed E-state index contributed by atoms with van der Waals surface area (Å²) in [6, 6.07) is 1.95. The van der Waals surface area contributed by atoms with E-state index >= 15 is 0 Å². The zero-order valence-corrected chi connectivity index (χ0v) is 9.34. The van der Waals surface area contributed by atoms with E-state index in [1.54, 1.807) is 6.92 Å². The number of aliphatic hydroxyl groups excluding tert-OH is 1. The molecule has 2 amide bonds. The largest absolute Gasteiger partial charge is 0.396 e. The van der Waals surface area contributed by atoms with Gasteiger partial charge in [-0.15, -0.1) is 0 Å². The minimum absolute atomic E-state index is 0.0381. The van der Waals surface area contributed by atoms with Crippen LogP contribution in [0.25, 0.3) is 0 Å². The fraction of sp³-hybridized carbons (Fsp3) is 0.364. The zero-order valence-electron chi connectivity index (χ0n) is 9.34. The Kier molecular flexibility index (Phi) is 4.84. The number of carbonyl (C=O) groups excluding carboxylic acids is 1. The second-order valence-corrected chi connectivity index (χ2v) is 3.67. The summed E-state index contributed by atoms with van der Waals surface area (Å²) >= 11 is 0. The average molecular weight is 244 g/mol. The molecule has 3 N–H and O–H groups in total. The first-order valence-electron chi connectivity index (χ1n) is 5.15. The topological polar surface area (TPSA) is 61.4 Å². The highest BCUT2D eigenvalue weighted by Gasteiger charge is 2.08. The Labute approximate surface area is 97.6 Å². The molecule has 0 saturated carbocycles. The molecule has 0 aliphatic rings. The summed E-state index contributed by atoms with van der Waals surface area (Å²) in [6.45, 7) is 1.66. The van der Waals surface area contributed by atoms with Crippen LogP contribution in [0, 0.1) is 11.6 Å². The van der Waals surface area contributed by atoms with Gasteiger partial charge in [0.05, 0.1) is 0 Å². The van der Waals surface area contributed by atoms with Gasteiger partial charge in [0.15, 0.2) is 0 Å². The van der Waals surface area contributed by atoms with E-state index < -0.39 is 17.7 Å². The third-order valence-electron chi connectivity index (χ3n) is 2.06. The van der Waals surface area contributed by atoms with Gasteiger partial charge < -0.3 is 15.7 Å². The molecule has 0 heterocycles. The number of nitrogens with one attached hydrogen (secondary N) is 2. The molecule has 0 spiro atoms. The van der Waals surface area contributed by atoms with Crippen molar-refractivity contribution in [2.75, 3.05) is 11.9 Å². The quantitative estimate of drug-likeness (QED) is 0.757. The van der Waals surface area contributed by atoms with Gasteiger partial charge in [-0.25, -0.2) is 13.6 Å². The maximum atomic E-state index is 12.8. The molecule has 0 fully saturated rings. The molecule has 1 rings (SSSR count). The predicted octanol–water partition coefficient (Wildman–Crippen LogP) is 1.86. The smallest absolute Gasteiger partial charge is 0.319 e. The Morgan fingerprint density at radius 2 is 1.94 bits per heavy atom. The summed E-state index contributed by atoms with van der Waals surface area (Å²) in [4.78, 5) is 11.4. The standard InChI is InChI=1S/C11H14F2N2O2/c1-7(2-3-16)14-11(17)15-10-5-8(12)4-9(13)6-10/h4-7,16H,2-3H2,1H3,(H2,14,15,17)/t7-/m1/s1. The van der Waals surface area contributed by atoms with Gasteiger partial charge in [0.25, 0.3) is 0 Å². The van der Waals surface area contributed by atoms with E-state index in [9.17, 15) is 13.6 Å². The molecule has 0 saturated heterocycles. The van der Waals surface area contributed by atoms with Gasteiger partial charge >= 0.3 is 6.03 Å². The number of hydrogen-bond acceptors (Lipinski definition) is 2. The molecule has 0 unspecified atom stereocenters. The molecule has 17 heavy (non-hydrogen) atoms. The number of hydrogen-bond donors (Lipinski definition) is 3. The molecule has 94 valence electrons. The van der Waals surface area contributed by atoms with E-state index in [4.69, 9.17) is 5.11 Å². The summed E-state index contributed by atoms with van der Waals surface area (Å²) in [5.74, 6) is -1.52. The summed E-state index contributed by atoms with van der Waals surface area (Å²) in [6.07, 6.45) is 0.408. The lowest BCUT2D eigenvalue weighted by Gasteiger charge is -2.13. The van der Waals surface area contributed by atoms with E-state index in [1.165, 1.54) is 0 Å². The third kappa shape index (κ3) is 4.78. The first-order valence-corrected chi connectivity index (χ1v) is 5.15. The maximum absolute atomic E-state index is 12.8. The summed E-state index contributed by atoms with van der Waals surface area (Å²) < 4.78 is 25.6. The van der Waals surface area contributed by atoms with Gasteiger partial charge in [-0.1, -0.05) is 0 Å². The Bertz CT molecular complexity index is 379. The molecule has 6 heteroatoms. The second kappa shape index (κ2) is 6.15. The van der Waals surface area contributed by atoms with Crippen molar-refractivity contribution in [3.8, 4) is 0 Å². The zero-order chi connectivity index (χ0) is 12.8. The Morgan fingerprint density at radius 3 is 2.47 bits per heavy atom. The number of anilines is 1. The minimum atomic E-state index is -0.760. The molecule has 0 aromatic heterocycles. The predicted molar refractivity (Wildman–Crippen MR) is 59.7 cm³/mol. The SMILES string of the molecule is C[C@H](CCO)NC(=O)Nc1cc(F)cc(F)c1. The Morgan fingerprint density at radius 1 is 1.35 bits per heavy atom. The molecule has 0 bridgehead atoms. The van der Waals surface area contributed by atoms with Crippen LogP contribution >= 0.6 is 0 Å². The summed E-state index contributed by atoms with van der Waals surface area (Å²) in [5.41, 5.74) is 0.0381. The van der Waals surface area contributed by atoms with Crippen LogP contribution in [0.4, 0.5) is 19.3 Å². The number of halogens is 2. The molecule has 0 aliphatic carbocycles. The number of carbonyl (C=O) groups is 1. The molecule has 0 aliphatic heterocycles. The second-order valence-electron chi connectivity index (χ2n) is 3.67. The molecule has 1 atom stereocenters. The van der Waals surface area contributed by atoms with Crippen molar-refractivity contribution in [3.63, 3.8) is 0 Å². The van der Waals surface area contributed by atoms with Crippen LogP contribution in [0.2, 0.25) is 0 Å². The van der Waals surface area contributed by atoms with Crippen molar-refractivity contribution in [2.45, 2.75) is 19.4 Å². The van der Waals surface area contributed by atoms with Gasteiger partial charge in [-0.2, -0.15) is 0 Å². The first-order chi connectivity index (χ1) is 8.01. The van der Waals surface area contributed by atoms with Crippen molar-refractivity contribution in [3.05, 3.63) is 29.8 Å². The van der Waals surface area contributed by atoms with Crippen LogP contribution in [0.1, 0.15) is 13.3 Å². The lowest BCUT2D eigenvalue weighted by molar-refractivity contribution is 0.241. The number of rotatable bonds is 4. The summed E-state index contributed by atoms with van der Waals surface area (Å²) in [5, 5.41) is 13.5. The number of benzene rings is 1. The fourth-order valence-corrected chi connectivity index (χ4v) is 1.28. The molecular weight excluding hydrogens is 230 g/mol. The van der Waals surface area contributed by atoms with Crippen molar-refractivity contribution in [1.29, 1.82) is 0 Å². The van der Waals surface area contributed by atoms with Crippen LogP contribution in [0.3, 0.4) is 0 Å². The highest BCUT2D eigenvalue weighted by molar-refractivity contribution is 5.89. The van der Waals surface area contributed by atoms with Crippen molar-refractivity contribution >= 4 is 11.7 Å². The van der Waals surface area contributed by atoms with Gasteiger partial charge in [-0.3, -0.25) is 0 Å². The molecule has 1 aromatic carbocycles. The van der Waals surface area contributed by atoms with Crippen molar-refractivity contribution in [1.82, 2.24) is 5.32 Å². The highest BCUT2D eigenvalue weighted by atomic mass is 19.1. The van der Waals surface area contributed by atoms with Crippen LogP contribution in [-0.2, 0) is 0 Å². The van der Waals surface area contributed by atoms with E-state index in [1.807, 2.05) is 0 Å². The van der Waals surface area contributed by atoms with E-state index in [-0.39, 0.29) is 18.3 Å². The summed E-state index contributed by atoms with van der Waals surface area (Å²) in [7, 11) is 0. The fourth-order valence-electron chi connectivity index (χ4n) is 1.28. The molecular formula is C11H14F2N2O2. The third-order valence-corrected chi connectivity index (χ3v) is 2.06. The van der Waals surface area contributed by atoms with E-state index in [0.717, 1.165) is 18.2 Å². The van der Waals surface area contributed by atoms with Crippen molar-refractivity contribution in [2.24, 2.45) is 0 Å². The van der Waals surface area contributed by atoms with Crippen LogP contribution in [-0.4, -0.2) is 23.8 Å². The Hall–Kier alpha value is -1.69. The van der Waals surface area contributed by atoms with Gasteiger partial charge in [0.2, 0.25) is 0 Å². The molecule has 4 nitrogen and oxygen atoms in total. The van der Waals surface area contributed by atoms with Gasteiger partial charge in [-0.05, 0) is 25.5 Å². The average Bonchev–Trinajstić information content (AvgIpc) is 2.14. The maximum Gasteiger partial charge on any atom is 0.319 e. The first kappa shape index (κ1) is 13.4. The minimum Gasteiger partial charge on any atom is -0.396 e. The lowest BCUT2D eigenvalue weighted by atomic mass is 10.2. The number of urea groups is 1. The van der Waals surface area contributed by atoms with Crippen LogP contribution in [0.15, 0.2) is 18.2 Å². The Balaban J connectivity index is 2.56. The van der Waals surface area contributed by atoms with Crippen LogP contribution in [0.5, 0.6) is 0 Å². The van der Waals surface area contributed by atoms with Crippen LogP contribution < -0.4 is 10.6 Å². The van der Waals surface area contributed by atoms with E-state index in [0.29, 0.717) is 6.42 Å².